The molecular weight excluding hydrogens is 314 g/mol. The molecule has 7 heteroatoms. The summed E-state index contributed by atoms with van der Waals surface area (Å²) in [5.41, 5.74) is 0.696. The third-order valence-corrected chi connectivity index (χ3v) is 5.95. The van der Waals surface area contributed by atoms with Gasteiger partial charge in [-0.05, 0) is 19.3 Å². The SMILES string of the molecule is CS(=O)(=O)C1CCCC1Nc1cc2c(cc1Cl)OCCO2. The summed E-state index contributed by atoms with van der Waals surface area (Å²) in [6, 6.07) is 3.39. The maximum atomic E-state index is 11.8. The van der Waals surface area contributed by atoms with E-state index in [1.54, 1.807) is 12.1 Å². The van der Waals surface area contributed by atoms with E-state index in [1.807, 2.05) is 0 Å². The number of rotatable bonds is 3. The summed E-state index contributed by atoms with van der Waals surface area (Å²) >= 11 is 6.25. The van der Waals surface area contributed by atoms with E-state index >= 15 is 0 Å². The van der Waals surface area contributed by atoms with Crippen molar-refractivity contribution in [2.24, 2.45) is 0 Å². The van der Waals surface area contributed by atoms with Crippen LogP contribution in [0.4, 0.5) is 5.69 Å². The van der Waals surface area contributed by atoms with Crippen molar-refractivity contribution in [3.8, 4) is 11.5 Å². The van der Waals surface area contributed by atoms with Gasteiger partial charge in [-0.25, -0.2) is 8.42 Å². The molecule has 2 aliphatic rings. The standard InChI is InChI=1S/C14H18ClNO4S/c1-21(17,18)14-4-2-3-10(14)16-11-8-13-12(7-9(11)15)19-5-6-20-13/h7-8,10,14,16H,2-6H2,1H3. The third-order valence-electron chi connectivity index (χ3n) is 3.98. The van der Waals surface area contributed by atoms with Crippen LogP contribution < -0.4 is 14.8 Å². The fourth-order valence-corrected chi connectivity index (χ4v) is 4.58. The van der Waals surface area contributed by atoms with E-state index < -0.39 is 9.84 Å². The van der Waals surface area contributed by atoms with Crippen molar-refractivity contribution in [1.82, 2.24) is 0 Å². The van der Waals surface area contributed by atoms with Crippen LogP contribution in [-0.2, 0) is 9.84 Å². The molecule has 116 valence electrons. The van der Waals surface area contributed by atoms with Crippen LogP contribution in [0.1, 0.15) is 19.3 Å². The van der Waals surface area contributed by atoms with Gasteiger partial charge in [-0.1, -0.05) is 11.6 Å². The molecule has 0 spiro atoms. The van der Waals surface area contributed by atoms with Crippen LogP contribution in [0.5, 0.6) is 11.5 Å². The van der Waals surface area contributed by atoms with Gasteiger partial charge in [-0.15, -0.1) is 0 Å². The number of hydrogen-bond acceptors (Lipinski definition) is 5. The monoisotopic (exact) mass is 331 g/mol. The molecule has 1 saturated carbocycles. The van der Waals surface area contributed by atoms with Crippen LogP contribution in [0.3, 0.4) is 0 Å². The van der Waals surface area contributed by atoms with Crippen molar-refractivity contribution in [1.29, 1.82) is 0 Å². The summed E-state index contributed by atoms with van der Waals surface area (Å²) in [5, 5.41) is 3.42. The molecule has 0 bridgehead atoms. The molecule has 1 aromatic carbocycles. The minimum absolute atomic E-state index is 0.111. The van der Waals surface area contributed by atoms with Gasteiger partial charge in [-0.2, -0.15) is 0 Å². The Morgan fingerprint density at radius 1 is 1.19 bits per heavy atom. The zero-order valence-corrected chi connectivity index (χ0v) is 13.3. The summed E-state index contributed by atoms with van der Waals surface area (Å²) in [6.07, 6.45) is 3.71. The third kappa shape index (κ3) is 3.06. The lowest BCUT2D eigenvalue weighted by Gasteiger charge is -2.24. The molecule has 1 aliphatic heterocycles. The van der Waals surface area contributed by atoms with E-state index in [0.717, 1.165) is 12.8 Å². The van der Waals surface area contributed by atoms with Crippen LogP contribution in [0.25, 0.3) is 0 Å². The highest BCUT2D eigenvalue weighted by molar-refractivity contribution is 7.91. The van der Waals surface area contributed by atoms with Crippen molar-refractivity contribution < 1.29 is 17.9 Å². The van der Waals surface area contributed by atoms with Crippen molar-refractivity contribution >= 4 is 27.1 Å². The number of anilines is 1. The van der Waals surface area contributed by atoms with E-state index in [0.29, 0.717) is 41.8 Å². The van der Waals surface area contributed by atoms with Crippen molar-refractivity contribution in [2.45, 2.75) is 30.6 Å². The average molecular weight is 332 g/mol. The second-order valence-electron chi connectivity index (χ2n) is 5.53. The molecule has 2 atom stereocenters. The number of benzene rings is 1. The van der Waals surface area contributed by atoms with E-state index in [9.17, 15) is 8.42 Å². The molecule has 0 saturated heterocycles. The number of fused-ring (bicyclic) bond motifs is 1. The van der Waals surface area contributed by atoms with E-state index in [4.69, 9.17) is 21.1 Å². The number of nitrogens with one attached hydrogen (secondary N) is 1. The van der Waals surface area contributed by atoms with Crippen LogP contribution >= 0.6 is 11.6 Å². The maximum Gasteiger partial charge on any atom is 0.163 e. The topological polar surface area (TPSA) is 64.6 Å². The van der Waals surface area contributed by atoms with Crippen molar-refractivity contribution in [2.75, 3.05) is 24.8 Å². The predicted molar refractivity (Wildman–Crippen MR) is 82.3 cm³/mol. The van der Waals surface area contributed by atoms with E-state index in [-0.39, 0.29) is 11.3 Å². The van der Waals surface area contributed by atoms with Crippen molar-refractivity contribution in [3.05, 3.63) is 17.2 Å². The Morgan fingerprint density at radius 2 is 1.86 bits per heavy atom. The quantitative estimate of drug-likeness (QED) is 0.921. The van der Waals surface area contributed by atoms with Gasteiger partial charge in [0, 0.05) is 24.4 Å². The number of hydrogen-bond donors (Lipinski definition) is 1. The first-order valence-corrected chi connectivity index (χ1v) is 9.33. The van der Waals surface area contributed by atoms with Gasteiger partial charge in [0.2, 0.25) is 0 Å². The smallest absolute Gasteiger partial charge is 0.163 e. The summed E-state index contributed by atoms with van der Waals surface area (Å²) < 4.78 is 34.7. The second-order valence-corrected chi connectivity index (χ2v) is 8.20. The molecule has 1 N–H and O–H groups in total. The Balaban J connectivity index is 1.84. The normalized spacial score (nSPS) is 24.9. The van der Waals surface area contributed by atoms with Gasteiger partial charge in [-0.3, -0.25) is 0 Å². The van der Waals surface area contributed by atoms with Gasteiger partial charge in [0.05, 0.1) is 16.0 Å². The first-order valence-electron chi connectivity index (χ1n) is 7.00. The van der Waals surface area contributed by atoms with E-state index in [1.165, 1.54) is 6.26 Å². The average Bonchev–Trinajstić information content (AvgIpc) is 2.88. The highest BCUT2D eigenvalue weighted by atomic mass is 35.5. The summed E-state index contributed by atoms with van der Waals surface area (Å²) in [7, 11) is -3.06. The summed E-state index contributed by atoms with van der Waals surface area (Å²) in [4.78, 5) is 0. The molecule has 1 fully saturated rings. The second kappa shape index (κ2) is 5.57. The van der Waals surface area contributed by atoms with Gasteiger partial charge < -0.3 is 14.8 Å². The minimum atomic E-state index is -3.06. The zero-order valence-electron chi connectivity index (χ0n) is 11.8. The molecule has 0 amide bonds. The van der Waals surface area contributed by atoms with Gasteiger partial charge >= 0.3 is 0 Å². The number of ether oxygens (including phenoxy) is 2. The van der Waals surface area contributed by atoms with Gasteiger partial charge in [0.25, 0.3) is 0 Å². The van der Waals surface area contributed by atoms with Gasteiger partial charge in [0.15, 0.2) is 21.3 Å². The highest BCUT2D eigenvalue weighted by Gasteiger charge is 2.35. The molecule has 1 aromatic rings. The summed E-state index contributed by atoms with van der Waals surface area (Å²) in [5.74, 6) is 1.27. The molecular formula is C14H18ClNO4S. The minimum Gasteiger partial charge on any atom is -0.486 e. The Bertz CT molecular complexity index is 647. The first kappa shape index (κ1) is 14.8. The van der Waals surface area contributed by atoms with Crippen LogP contribution in [0.15, 0.2) is 12.1 Å². The first-order chi connectivity index (χ1) is 9.95. The fraction of sp³-hybridized carbons (Fsp3) is 0.571. The highest BCUT2D eigenvalue weighted by Crippen LogP contribution is 2.39. The molecule has 3 rings (SSSR count). The largest absolute Gasteiger partial charge is 0.486 e. The number of sulfone groups is 1. The fourth-order valence-electron chi connectivity index (χ4n) is 2.98. The maximum absolute atomic E-state index is 11.8. The zero-order chi connectivity index (χ0) is 15.0. The van der Waals surface area contributed by atoms with Crippen LogP contribution in [-0.4, -0.2) is 39.2 Å². The molecule has 5 nitrogen and oxygen atoms in total. The van der Waals surface area contributed by atoms with E-state index in [2.05, 4.69) is 5.32 Å². The number of halogens is 1. The molecule has 1 aliphatic carbocycles. The van der Waals surface area contributed by atoms with Crippen LogP contribution in [0, 0.1) is 0 Å². The molecule has 2 unspecified atom stereocenters. The van der Waals surface area contributed by atoms with Crippen molar-refractivity contribution in [3.63, 3.8) is 0 Å². The summed E-state index contributed by atoms with van der Waals surface area (Å²) in [6.45, 7) is 1.01. The Labute approximate surface area is 129 Å². The molecule has 0 radical (unpaired) electrons. The Morgan fingerprint density at radius 3 is 2.52 bits per heavy atom. The Kier molecular flexibility index (Phi) is 3.92. The molecule has 0 aromatic heterocycles. The lowest BCUT2D eigenvalue weighted by Crippen LogP contribution is -2.34. The predicted octanol–water partition coefficient (Wildman–Crippen LogP) is 2.49. The van der Waals surface area contributed by atoms with Crippen LogP contribution in [0.2, 0.25) is 5.02 Å². The lowest BCUT2D eigenvalue weighted by atomic mass is 10.2. The van der Waals surface area contributed by atoms with Gasteiger partial charge in [0.1, 0.15) is 13.2 Å². The molecule has 1 heterocycles. The lowest BCUT2D eigenvalue weighted by molar-refractivity contribution is 0.171. The Hall–Kier alpha value is -1.14. The molecule has 21 heavy (non-hydrogen) atoms.